The summed E-state index contributed by atoms with van der Waals surface area (Å²) in [5, 5.41) is 3.22. The number of rotatable bonds is 3. The third-order valence-corrected chi connectivity index (χ3v) is 5.31. The van der Waals surface area contributed by atoms with Crippen molar-refractivity contribution in [2.75, 3.05) is 32.9 Å². The van der Waals surface area contributed by atoms with Gasteiger partial charge in [0.1, 0.15) is 0 Å². The highest BCUT2D eigenvalue weighted by Crippen LogP contribution is 2.31. The summed E-state index contributed by atoms with van der Waals surface area (Å²) in [6.45, 7) is 5.62. The van der Waals surface area contributed by atoms with Crippen LogP contribution in [0.1, 0.15) is 25.0 Å². The lowest BCUT2D eigenvalue weighted by Gasteiger charge is -2.37. The Morgan fingerprint density at radius 1 is 1.26 bits per heavy atom. The average molecular weight is 316 g/mol. The number of hydrogen-bond acceptors (Lipinski definition) is 4. The number of carbonyl (C=O) groups excluding carboxylic acids is 1. The third-order valence-electron chi connectivity index (χ3n) is 5.31. The minimum absolute atomic E-state index is 0.133. The van der Waals surface area contributed by atoms with Crippen LogP contribution in [0.5, 0.6) is 0 Å². The summed E-state index contributed by atoms with van der Waals surface area (Å²) in [7, 11) is 0. The van der Waals surface area contributed by atoms with Gasteiger partial charge in [-0.1, -0.05) is 30.3 Å². The first kappa shape index (κ1) is 15.1. The predicted octanol–water partition coefficient (Wildman–Crippen LogP) is 1.35. The van der Waals surface area contributed by atoms with E-state index in [4.69, 9.17) is 9.47 Å². The van der Waals surface area contributed by atoms with E-state index < -0.39 is 0 Å². The fraction of sp³-hybridized carbons (Fsp3) is 0.611. The summed E-state index contributed by atoms with van der Waals surface area (Å²) in [6.07, 6.45) is 1.11. The number of hydrogen-bond donors (Lipinski definition) is 1. The van der Waals surface area contributed by atoms with E-state index in [9.17, 15) is 4.79 Å². The summed E-state index contributed by atoms with van der Waals surface area (Å²) in [5.74, 6) is 0.133. The summed E-state index contributed by atoms with van der Waals surface area (Å²) in [6, 6.07) is 11.0. The second-order valence-corrected chi connectivity index (χ2v) is 7.30. The maximum absolute atomic E-state index is 12.4. The second kappa shape index (κ2) is 5.89. The van der Waals surface area contributed by atoms with Crippen molar-refractivity contribution in [1.29, 1.82) is 0 Å². The first-order valence-electron chi connectivity index (χ1n) is 8.43. The fourth-order valence-electron chi connectivity index (χ4n) is 3.75. The van der Waals surface area contributed by atoms with E-state index >= 15 is 0 Å². The number of benzene rings is 1. The monoisotopic (exact) mass is 316 g/mol. The van der Waals surface area contributed by atoms with Crippen molar-refractivity contribution < 1.29 is 14.3 Å². The average Bonchev–Trinajstić information content (AvgIpc) is 2.94. The molecular weight excluding hydrogens is 292 g/mol. The van der Waals surface area contributed by atoms with Crippen molar-refractivity contribution in [1.82, 2.24) is 10.2 Å². The molecule has 3 atom stereocenters. The van der Waals surface area contributed by atoms with Crippen LogP contribution in [0.15, 0.2) is 30.3 Å². The number of ether oxygens (including phenoxy) is 2. The van der Waals surface area contributed by atoms with E-state index in [-0.39, 0.29) is 23.5 Å². The normalized spacial score (nSPS) is 32.8. The molecular formula is C18H24N2O3. The Bertz CT molecular complexity index is 573. The maximum Gasteiger partial charge on any atom is 0.230 e. The molecule has 0 bridgehead atoms. The Balaban J connectivity index is 1.35. The zero-order chi connectivity index (χ0) is 15.9. The van der Waals surface area contributed by atoms with Gasteiger partial charge in [-0.3, -0.25) is 9.69 Å². The Labute approximate surface area is 136 Å². The van der Waals surface area contributed by atoms with Crippen LogP contribution in [0.4, 0.5) is 0 Å². The molecule has 0 unspecified atom stereocenters. The molecule has 0 saturated carbocycles. The molecule has 0 aliphatic carbocycles. The van der Waals surface area contributed by atoms with Crippen LogP contribution in [0, 0.1) is 5.41 Å². The van der Waals surface area contributed by atoms with Crippen LogP contribution < -0.4 is 5.32 Å². The number of nitrogens with one attached hydrogen (secondary N) is 1. The third kappa shape index (κ3) is 2.89. The molecule has 0 aromatic heterocycles. The largest absolute Gasteiger partial charge is 0.379 e. The number of nitrogens with zero attached hydrogens (tertiary/aromatic N) is 1. The van der Waals surface area contributed by atoms with Crippen molar-refractivity contribution in [2.45, 2.75) is 31.5 Å². The van der Waals surface area contributed by atoms with Gasteiger partial charge in [0.25, 0.3) is 0 Å². The summed E-state index contributed by atoms with van der Waals surface area (Å²) in [4.78, 5) is 14.8. The highest BCUT2D eigenvalue weighted by Gasteiger charge is 2.44. The summed E-state index contributed by atoms with van der Waals surface area (Å²) < 4.78 is 11.2. The minimum Gasteiger partial charge on any atom is -0.379 e. The molecule has 3 heterocycles. The van der Waals surface area contributed by atoms with Crippen LogP contribution in [-0.2, 0) is 14.3 Å². The quantitative estimate of drug-likeness (QED) is 0.915. The van der Waals surface area contributed by atoms with Crippen molar-refractivity contribution in [2.24, 2.45) is 5.41 Å². The van der Waals surface area contributed by atoms with Gasteiger partial charge in [0.2, 0.25) is 5.91 Å². The molecule has 3 saturated heterocycles. The zero-order valence-electron chi connectivity index (χ0n) is 13.5. The van der Waals surface area contributed by atoms with E-state index in [1.54, 1.807) is 0 Å². The van der Waals surface area contributed by atoms with Gasteiger partial charge in [0, 0.05) is 25.2 Å². The van der Waals surface area contributed by atoms with Gasteiger partial charge in [0.05, 0.1) is 31.3 Å². The molecule has 1 amide bonds. The molecule has 23 heavy (non-hydrogen) atoms. The molecule has 5 nitrogen and oxygen atoms in total. The van der Waals surface area contributed by atoms with Gasteiger partial charge in [-0.05, 0) is 18.9 Å². The molecule has 5 heteroatoms. The first-order chi connectivity index (χ1) is 11.1. The van der Waals surface area contributed by atoms with Gasteiger partial charge in [-0.15, -0.1) is 0 Å². The topological polar surface area (TPSA) is 50.8 Å². The Hall–Kier alpha value is -1.43. The van der Waals surface area contributed by atoms with E-state index in [1.165, 1.54) is 5.56 Å². The summed E-state index contributed by atoms with van der Waals surface area (Å²) in [5.41, 5.74) is 0.907. The molecule has 1 aromatic carbocycles. The molecule has 0 spiro atoms. The highest BCUT2D eigenvalue weighted by atomic mass is 16.5. The Morgan fingerprint density at radius 3 is 2.74 bits per heavy atom. The standard InChI is InChI=1S/C18H24N2O3/c1-18(11-22-12-18)17(21)19-14-7-15-10-23-16(9-20(15)8-14)13-5-3-2-4-6-13/h2-6,14-16H,7-12H2,1H3,(H,19,21)/t14-,15+,16-/m1/s1. The molecule has 3 fully saturated rings. The van der Waals surface area contributed by atoms with Crippen molar-refractivity contribution in [3.63, 3.8) is 0 Å². The van der Waals surface area contributed by atoms with Crippen molar-refractivity contribution >= 4 is 5.91 Å². The number of fused-ring (bicyclic) bond motifs is 1. The lowest BCUT2D eigenvalue weighted by molar-refractivity contribution is -0.158. The molecule has 3 aliphatic heterocycles. The minimum atomic E-state index is -0.327. The van der Waals surface area contributed by atoms with E-state index in [2.05, 4.69) is 34.5 Å². The fourth-order valence-corrected chi connectivity index (χ4v) is 3.75. The van der Waals surface area contributed by atoms with Crippen LogP contribution in [-0.4, -0.2) is 55.8 Å². The molecule has 1 N–H and O–H groups in total. The number of amides is 1. The maximum atomic E-state index is 12.4. The van der Waals surface area contributed by atoms with Gasteiger partial charge >= 0.3 is 0 Å². The smallest absolute Gasteiger partial charge is 0.230 e. The zero-order valence-corrected chi connectivity index (χ0v) is 13.5. The number of morpholine rings is 1. The van der Waals surface area contributed by atoms with Crippen LogP contribution in [0.3, 0.4) is 0 Å². The lowest BCUT2D eigenvalue weighted by atomic mass is 9.87. The van der Waals surface area contributed by atoms with Gasteiger partial charge in [-0.2, -0.15) is 0 Å². The van der Waals surface area contributed by atoms with E-state index in [0.29, 0.717) is 19.3 Å². The van der Waals surface area contributed by atoms with E-state index in [0.717, 1.165) is 26.1 Å². The van der Waals surface area contributed by atoms with Gasteiger partial charge in [0.15, 0.2) is 0 Å². The second-order valence-electron chi connectivity index (χ2n) is 7.30. The molecule has 0 radical (unpaired) electrons. The van der Waals surface area contributed by atoms with Crippen LogP contribution >= 0.6 is 0 Å². The molecule has 1 aromatic rings. The SMILES string of the molecule is CC1(C(=O)N[C@@H]2C[C@H]3CO[C@@H](c4ccccc4)CN3C2)COC1. The van der Waals surface area contributed by atoms with Gasteiger partial charge < -0.3 is 14.8 Å². The molecule has 3 aliphatic rings. The number of carbonyl (C=O) groups is 1. The molecule has 4 rings (SSSR count). The molecule has 124 valence electrons. The first-order valence-corrected chi connectivity index (χ1v) is 8.43. The Morgan fingerprint density at radius 2 is 2.04 bits per heavy atom. The Kier molecular flexibility index (Phi) is 3.87. The van der Waals surface area contributed by atoms with Crippen molar-refractivity contribution in [3.05, 3.63) is 35.9 Å². The van der Waals surface area contributed by atoms with Gasteiger partial charge in [-0.25, -0.2) is 0 Å². The summed E-state index contributed by atoms with van der Waals surface area (Å²) >= 11 is 0. The van der Waals surface area contributed by atoms with E-state index in [1.807, 2.05) is 13.0 Å². The lowest BCUT2D eigenvalue weighted by Crippen LogP contribution is -2.54. The van der Waals surface area contributed by atoms with Crippen LogP contribution in [0.2, 0.25) is 0 Å². The van der Waals surface area contributed by atoms with Crippen LogP contribution in [0.25, 0.3) is 0 Å². The predicted molar refractivity (Wildman–Crippen MR) is 86.0 cm³/mol. The highest BCUT2D eigenvalue weighted by molar-refractivity contribution is 5.83. The van der Waals surface area contributed by atoms with Crippen molar-refractivity contribution in [3.8, 4) is 0 Å².